The summed E-state index contributed by atoms with van der Waals surface area (Å²) >= 11 is 0. The van der Waals surface area contributed by atoms with Crippen LogP contribution in [0.25, 0.3) is 0 Å². The molecule has 0 radical (unpaired) electrons. The summed E-state index contributed by atoms with van der Waals surface area (Å²) in [5.74, 6) is 3.74. The van der Waals surface area contributed by atoms with Crippen LogP contribution in [0.4, 0.5) is 5.82 Å². The first-order valence-corrected chi connectivity index (χ1v) is 12.6. The standard InChI is InChI=1S/C27H35N3O3/c31-27(18-21-6-2-1-3-7-21)30(26-8-4-5-12-28-26)15-14-29-13-11-23(20-29)22-9-10-24-25(19-22)33-17-16-32-24/h4-5,8-10,12,19,21,23H,1-3,6-7,11,13-18,20H2. The summed E-state index contributed by atoms with van der Waals surface area (Å²) in [5.41, 5.74) is 1.32. The third kappa shape index (κ3) is 5.49. The molecule has 0 spiro atoms. The number of benzene rings is 1. The molecule has 0 bridgehead atoms. The van der Waals surface area contributed by atoms with E-state index in [0.29, 0.717) is 38.0 Å². The smallest absolute Gasteiger partial charge is 0.228 e. The molecule has 33 heavy (non-hydrogen) atoms. The first kappa shape index (κ1) is 22.2. The van der Waals surface area contributed by atoms with Gasteiger partial charge in [-0.05, 0) is 67.5 Å². The van der Waals surface area contributed by atoms with Crippen LogP contribution >= 0.6 is 0 Å². The molecule has 1 unspecified atom stereocenters. The third-order valence-corrected chi connectivity index (χ3v) is 7.36. The lowest BCUT2D eigenvalue weighted by Gasteiger charge is -2.28. The summed E-state index contributed by atoms with van der Waals surface area (Å²) in [7, 11) is 0. The van der Waals surface area contributed by atoms with Gasteiger partial charge in [0.25, 0.3) is 0 Å². The van der Waals surface area contributed by atoms with Gasteiger partial charge in [-0.25, -0.2) is 4.98 Å². The van der Waals surface area contributed by atoms with Gasteiger partial charge in [-0.3, -0.25) is 9.69 Å². The SMILES string of the molecule is O=C(CC1CCCCC1)N(CCN1CCC(c2ccc3c(c2)OCCO3)C1)c1ccccn1. The van der Waals surface area contributed by atoms with Crippen LogP contribution in [-0.4, -0.2) is 55.2 Å². The van der Waals surface area contributed by atoms with Crippen molar-refractivity contribution in [1.29, 1.82) is 0 Å². The second-order valence-corrected chi connectivity index (χ2v) is 9.63. The average Bonchev–Trinajstić information content (AvgIpc) is 3.34. The highest BCUT2D eigenvalue weighted by atomic mass is 16.6. The number of likely N-dealkylation sites (tertiary alicyclic amines) is 1. The zero-order chi connectivity index (χ0) is 22.5. The van der Waals surface area contributed by atoms with Crippen LogP contribution in [0.3, 0.4) is 0 Å². The van der Waals surface area contributed by atoms with E-state index < -0.39 is 0 Å². The molecule has 176 valence electrons. The summed E-state index contributed by atoms with van der Waals surface area (Å²) in [4.78, 5) is 22.2. The monoisotopic (exact) mass is 449 g/mol. The van der Waals surface area contributed by atoms with Gasteiger partial charge >= 0.3 is 0 Å². The molecule has 1 atom stereocenters. The van der Waals surface area contributed by atoms with Crippen LogP contribution in [0.1, 0.15) is 56.4 Å². The van der Waals surface area contributed by atoms with Gasteiger partial charge in [0, 0.05) is 32.3 Å². The van der Waals surface area contributed by atoms with Crippen molar-refractivity contribution in [3.05, 3.63) is 48.2 Å². The Labute approximate surface area is 196 Å². The molecular formula is C27H35N3O3. The van der Waals surface area contributed by atoms with Crippen LogP contribution < -0.4 is 14.4 Å². The third-order valence-electron chi connectivity index (χ3n) is 7.36. The number of carbonyl (C=O) groups excluding carboxylic acids is 1. The largest absolute Gasteiger partial charge is 0.486 e. The van der Waals surface area contributed by atoms with Gasteiger partial charge in [-0.15, -0.1) is 0 Å². The second-order valence-electron chi connectivity index (χ2n) is 9.63. The number of nitrogens with zero attached hydrogens (tertiary/aromatic N) is 3. The Hall–Kier alpha value is -2.60. The number of hydrogen-bond acceptors (Lipinski definition) is 5. The highest BCUT2D eigenvalue weighted by Gasteiger charge is 2.27. The summed E-state index contributed by atoms with van der Waals surface area (Å²) in [6, 6.07) is 12.2. The number of amides is 1. The highest BCUT2D eigenvalue weighted by molar-refractivity contribution is 5.92. The number of rotatable bonds is 7. The molecule has 2 aliphatic heterocycles. The van der Waals surface area contributed by atoms with Crippen molar-refractivity contribution in [2.75, 3.05) is 44.3 Å². The van der Waals surface area contributed by atoms with Crippen molar-refractivity contribution < 1.29 is 14.3 Å². The summed E-state index contributed by atoms with van der Waals surface area (Å²) in [5, 5.41) is 0. The lowest BCUT2D eigenvalue weighted by atomic mass is 9.86. The molecule has 5 rings (SSSR count). The summed E-state index contributed by atoms with van der Waals surface area (Å²) < 4.78 is 11.4. The molecule has 1 aromatic carbocycles. The Kier molecular flexibility index (Phi) is 7.10. The lowest BCUT2D eigenvalue weighted by molar-refractivity contribution is -0.119. The zero-order valence-electron chi connectivity index (χ0n) is 19.5. The van der Waals surface area contributed by atoms with Crippen LogP contribution in [0.5, 0.6) is 11.5 Å². The maximum Gasteiger partial charge on any atom is 0.228 e. The topological polar surface area (TPSA) is 54.9 Å². The molecule has 3 aliphatic rings. The minimum absolute atomic E-state index is 0.225. The lowest BCUT2D eigenvalue weighted by Crippen LogP contribution is -2.39. The van der Waals surface area contributed by atoms with Gasteiger partial charge in [0.2, 0.25) is 5.91 Å². The number of anilines is 1. The molecule has 2 fully saturated rings. The molecule has 1 aromatic heterocycles. The van der Waals surface area contributed by atoms with E-state index in [1.807, 2.05) is 29.2 Å². The number of carbonyl (C=O) groups is 1. The van der Waals surface area contributed by atoms with Crippen LogP contribution in [0.2, 0.25) is 0 Å². The number of pyridine rings is 1. The Morgan fingerprint density at radius 1 is 1.03 bits per heavy atom. The van der Waals surface area contributed by atoms with Gasteiger partial charge in [0.1, 0.15) is 19.0 Å². The fourth-order valence-corrected chi connectivity index (χ4v) is 5.49. The van der Waals surface area contributed by atoms with Crippen molar-refractivity contribution in [2.24, 2.45) is 5.92 Å². The highest BCUT2D eigenvalue weighted by Crippen LogP contribution is 2.36. The number of hydrogen-bond donors (Lipinski definition) is 0. The van der Waals surface area contributed by atoms with Gasteiger partial charge in [0.15, 0.2) is 11.5 Å². The maximum atomic E-state index is 13.3. The maximum absolute atomic E-state index is 13.3. The van der Waals surface area contributed by atoms with Crippen LogP contribution in [-0.2, 0) is 4.79 Å². The predicted molar refractivity (Wildman–Crippen MR) is 129 cm³/mol. The molecule has 1 saturated heterocycles. The molecule has 2 aromatic rings. The van der Waals surface area contributed by atoms with Crippen molar-refractivity contribution in [3.8, 4) is 11.5 Å². The minimum Gasteiger partial charge on any atom is -0.486 e. The Morgan fingerprint density at radius 2 is 1.88 bits per heavy atom. The molecular weight excluding hydrogens is 414 g/mol. The Bertz CT molecular complexity index is 929. The van der Waals surface area contributed by atoms with Crippen molar-refractivity contribution in [3.63, 3.8) is 0 Å². The van der Waals surface area contributed by atoms with Gasteiger partial charge in [-0.1, -0.05) is 31.4 Å². The fourth-order valence-electron chi connectivity index (χ4n) is 5.49. The predicted octanol–water partition coefficient (Wildman–Crippen LogP) is 4.65. The van der Waals surface area contributed by atoms with Gasteiger partial charge < -0.3 is 14.4 Å². The average molecular weight is 450 g/mol. The van der Waals surface area contributed by atoms with Crippen molar-refractivity contribution in [2.45, 2.75) is 50.9 Å². The Balaban J connectivity index is 1.20. The first-order valence-electron chi connectivity index (χ1n) is 12.6. The number of ether oxygens (including phenoxy) is 2. The number of aromatic nitrogens is 1. The van der Waals surface area contributed by atoms with E-state index in [-0.39, 0.29) is 5.91 Å². The molecule has 1 amide bonds. The van der Waals surface area contributed by atoms with E-state index in [4.69, 9.17) is 9.47 Å². The summed E-state index contributed by atoms with van der Waals surface area (Å²) in [6.07, 6.45) is 9.76. The van der Waals surface area contributed by atoms with E-state index in [1.165, 1.54) is 37.7 Å². The van der Waals surface area contributed by atoms with E-state index in [0.717, 1.165) is 43.4 Å². The molecule has 3 heterocycles. The van der Waals surface area contributed by atoms with Crippen LogP contribution in [0, 0.1) is 5.92 Å². The molecule has 6 nitrogen and oxygen atoms in total. The zero-order valence-corrected chi connectivity index (χ0v) is 19.5. The Morgan fingerprint density at radius 3 is 2.70 bits per heavy atom. The fraction of sp³-hybridized carbons (Fsp3) is 0.556. The van der Waals surface area contributed by atoms with Crippen LogP contribution in [0.15, 0.2) is 42.6 Å². The van der Waals surface area contributed by atoms with Crippen molar-refractivity contribution in [1.82, 2.24) is 9.88 Å². The van der Waals surface area contributed by atoms with E-state index >= 15 is 0 Å². The van der Waals surface area contributed by atoms with E-state index in [1.54, 1.807) is 6.20 Å². The minimum atomic E-state index is 0.225. The molecule has 0 N–H and O–H groups in total. The molecule has 6 heteroatoms. The quantitative estimate of drug-likeness (QED) is 0.616. The van der Waals surface area contributed by atoms with E-state index in [9.17, 15) is 4.79 Å². The second kappa shape index (κ2) is 10.6. The van der Waals surface area contributed by atoms with Gasteiger partial charge in [0.05, 0.1) is 0 Å². The normalized spacial score (nSPS) is 21.2. The summed E-state index contributed by atoms with van der Waals surface area (Å²) in [6.45, 7) is 4.85. The first-order chi connectivity index (χ1) is 16.3. The van der Waals surface area contributed by atoms with Gasteiger partial charge in [-0.2, -0.15) is 0 Å². The number of fused-ring (bicyclic) bond motifs is 1. The molecule has 1 saturated carbocycles. The van der Waals surface area contributed by atoms with E-state index in [2.05, 4.69) is 22.0 Å². The van der Waals surface area contributed by atoms with Crippen molar-refractivity contribution >= 4 is 11.7 Å². The molecule has 1 aliphatic carbocycles.